The van der Waals surface area contributed by atoms with Crippen LogP contribution in [0.3, 0.4) is 0 Å². The van der Waals surface area contributed by atoms with Gasteiger partial charge in [0.2, 0.25) is 0 Å². The number of nitrogen functional groups attached to an aromatic ring is 1. The van der Waals surface area contributed by atoms with Gasteiger partial charge >= 0.3 is 0 Å². The molecule has 7 heteroatoms. The van der Waals surface area contributed by atoms with Crippen molar-refractivity contribution in [2.75, 3.05) is 17.3 Å². The van der Waals surface area contributed by atoms with Crippen molar-refractivity contribution >= 4 is 50.1 Å². The molecule has 0 spiro atoms. The minimum Gasteiger partial charge on any atom is -0.396 e. The number of anilines is 3. The number of para-hydroxylation sites is 1. The van der Waals surface area contributed by atoms with Crippen LogP contribution in [0, 0.1) is 0 Å². The molecule has 2 aromatic carbocycles. The molecule has 0 aliphatic carbocycles. The van der Waals surface area contributed by atoms with Crippen molar-refractivity contribution in [1.29, 1.82) is 0 Å². The van der Waals surface area contributed by atoms with Crippen LogP contribution in [0.15, 0.2) is 41.3 Å². The largest absolute Gasteiger partial charge is 0.396 e. The van der Waals surface area contributed by atoms with E-state index in [2.05, 4.69) is 5.32 Å². The van der Waals surface area contributed by atoms with Gasteiger partial charge in [-0.05, 0) is 24.3 Å². The summed E-state index contributed by atoms with van der Waals surface area (Å²) < 4.78 is 23.2. The van der Waals surface area contributed by atoms with Gasteiger partial charge in [-0.25, -0.2) is 8.42 Å². The van der Waals surface area contributed by atoms with Crippen LogP contribution in [0.1, 0.15) is 0 Å². The zero-order valence-electron chi connectivity index (χ0n) is 10.5. The van der Waals surface area contributed by atoms with E-state index >= 15 is 0 Å². The summed E-state index contributed by atoms with van der Waals surface area (Å²) in [5.41, 5.74) is 7.04. The quantitative estimate of drug-likeness (QED) is 0.841. The molecule has 0 atom stereocenters. The lowest BCUT2D eigenvalue weighted by atomic mass is 10.2. The molecule has 3 N–H and O–H groups in total. The molecule has 0 heterocycles. The van der Waals surface area contributed by atoms with Crippen molar-refractivity contribution in [2.24, 2.45) is 0 Å². The Morgan fingerprint density at radius 2 is 1.65 bits per heavy atom. The number of hydrogen-bond acceptors (Lipinski definition) is 4. The number of sulfone groups is 1. The average Bonchev–Trinajstić information content (AvgIpc) is 2.36. The third kappa shape index (κ3) is 3.00. The maximum absolute atomic E-state index is 11.6. The van der Waals surface area contributed by atoms with Gasteiger partial charge in [0.15, 0.2) is 9.84 Å². The van der Waals surface area contributed by atoms with Gasteiger partial charge in [0.05, 0.1) is 32.0 Å². The second-order valence-corrected chi connectivity index (χ2v) is 6.99. The fourth-order valence-corrected chi connectivity index (χ4v) is 2.90. The third-order valence-electron chi connectivity index (χ3n) is 2.69. The highest BCUT2D eigenvalue weighted by Gasteiger charge is 2.15. The van der Waals surface area contributed by atoms with Crippen LogP contribution in [0.5, 0.6) is 0 Å². The van der Waals surface area contributed by atoms with Gasteiger partial charge in [-0.3, -0.25) is 0 Å². The maximum atomic E-state index is 11.6. The van der Waals surface area contributed by atoms with E-state index in [1.807, 2.05) is 0 Å². The Kier molecular flexibility index (Phi) is 4.13. The molecule has 106 valence electrons. The molecule has 0 fully saturated rings. The fourth-order valence-electron chi connectivity index (χ4n) is 1.72. The summed E-state index contributed by atoms with van der Waals surface area (Å²) in [4.78, 5) is 0.0700. The molecular weight excluding hydrogens is 319 g/mol. The summed E-state index contributed by atoms with van der Waals surface area (Å²) in [6, 6.07) is 9.84. The lowest BCUT2D eigenvalue weighted by Crippen LogP contribution is -2.05. The van der Waals surface area contributed by atoms with Gasteiger partial charge in [-0.15, -0.1) is 0 Å². The lowest BCUT2D eigenvalue weighted by molar-refractivity contribution is 0.602. The molecule has 0 aliphatic rings. The summed E-state index contributed by atoms with van der Waals surface area (Å²) in [5.74, 6) is 0. The minimum absolute atomic E-state index is 0.0700. The number of halogens is 2. The summed E-state index contributed by atoms with van der Waals surface area (Å²) >= 11 is 12.0. The van der Waals surface area contributed by atoms with E-state index in [1.54, 1.807) is 30.3 Å². The SMILES string of the molecule is CS(=O)(=O)c1cccc(Nc2cccc(Cl)c2Cl)c1N. The van der Waals surface area contributed by atoms with Gasteiger partial charge in [-0.1, -0.05) is 35.3 Å². The third-order valence-corrected chi connectivity index (χ3v) is 4.66. The number of hydrogen-bond donors (Lipinski definition) is 2. The van der Waals surface area contributed by atoms with Crippen molar-refractivity contribution in [1.82, 2.24) is 0 Å². The van der Waals surface area contributed by atoms with Crippen LogP contribution >= 0.6 is 23.2 Å². The molecule has 0 amide bonds. The van der Waals surface area contributed by atoms with Crippen LogP contribution in [0.2, 0.25) is 10.0 Å². The number of benzene rings is 2. The molecule has 2 rings (SSSR count). The summed E-state index contributed by atoms with van der Waals surface area (Å²) in [7, 11) is -3.39. The topological polar surface area (TPSA) is 72.2 Å². The molecule has 0 aliphatic heterocycles. The number of rotatable bonds is 3. The average molecular weight is 331 g/mol. The van der Waals surface area contributed by atoms with Crippen LogP contribution in [0.25, 0.3) is 0 Å². The second-order valence-electron chi connectivity index (χ2n) is 4.22. The Morgan fingerprint density at radius 3 is 2.30 bits per heavy atom. The van der Waals surface area contributed by atoms with E-state index in [4.69, 9.17) is 28.9 Å². The standard InChI is InChI=1S/C13H12Cl2N2O2S/c1-20(18,19)11-7-3-6-10(13(11)16)17-9-5-2-4-8(14)12(9)15/h2-7,17H,16H2,1H3. The molecule has 0 aromatic heterocycles. The van der Waals surface area contributed by atoms with E-state index < -0.39 is 9.84 Å². The molecule has 0 radical (unpaired) electrons. The van der Waals surface area contributed by atoms with E-state index in [-0.39, 0.29) is 10.6 Å². The van der Waals surface area contributed by atoms with E-state index in [0.717, 1.165) is 6.26 Å². The van der Waals surface area contributed by atoms with E-state index in [0.29, 0.717) is 21.4 Å². The van der Waals surface area contributed by atoms with Crippen LogP contribution in [0.4, 0.5) is 17.1 Å². The van der Waals surface area contributed by atoms with Crippen LogP contribution < -0.4 is 11.1 Å². The van der Waals surface area contributed by atoms with E-state index in [1.165, 1.54) is 6.07 Å². The van der Waals surface area contributed by atoms with Gasteiger partial charge in [0.1, 0.15) is 0 Å². The minimum atomic E-state index is -3.39. The lowest BCUT2D eigenvalue weighted by Gasteiger charge is -2.13. The number of nitrogens with one attached hydrogen (secondary N) is 1. The molecule has 0 unspecified atom stereocenters. The van der Waals surface area contributed by atoms with Crippen molar-refractivity contribution in [3.63, 3.8) is 0 Å². The molecule has 4 nitrogen and oxygen atoms in total. The Morgan fingerprint density at radius 1 is 1.05 bits per heavy atom. The zero-order valence-corrected chi connectivity index (χ0v) is 12.9. The van der Waals surface area contributed by atoms with Gasteiger partial charge in [0.25, 0.3) is 0 Å². The summed E-state index contributed by atoms with van der Waals surface area (Å²) in [6.45, 7) is 0. The predicted octanol–water partition coefficient (Wildman–Crippen LogP) is 3.72. The smallest absolute Gasteiger partial charge is 0.177 e. The van der Waals surface area contributed by atoms with Crippen LogP contribution in [-0.4, -0.2) is 14.7 Å². The van der Waals surface area contributed by atoms with Gasteiger partial charge < -0.3 is 11.1 Å². The Hall–Kier alpha value is -1.43. The van der Waals surface area contributed by atoms with E-state index in [9.17, 15) is 8.42 Å². The van der Waals surface area contributed by atoms with Crippen molar-refractivity contribution in [3.8, 4) is 0 Å². The van der Waals surface area contributed by atoms with Crippen molar-refractivity contribution in [2.45, 2.75) is 4.90 Å². The summed E-state index contributed by atoms with van der Waals surface area (Å²) in [5, 5.41) is 3.73. The predicted molar refractivity (Wildman–Crippen MR) is 83.7 cm³/mol. The first kappa shape index (κ1) is 15.0. The normalized spacial score (nSPS) is 11.3. The second kappa shape index (κ2) is 5.52. The Labute approximate surface area is 127 Å². The highest BCUT2D eigenvalue weighted by molar-refractivity contribution is 7.90. The first-order valence-electron chi connectivity index (χ1n) is 5.60. The van der Waals surface area contributed by atoms with Gasteiger partial charge in [-0.2, -0.15) is 0 Å². The molecular formula is C13H12Cl2N2O2S. The summed E-state index contributed by atoms with van der Waals surface area (Å²) in [6.07, 6.45) is 1.11. The van der Waals surface area contributed by atoms with Crippen LogP contribution in [-0.2, 0) is 9.84 Å². The highest BCUT2D eigenvalue weighted by Crippen LogP contribution is 2.34. The molecule has 0 bridgehead atoms. The van der Waals surface area contributed by atoms with Gasteiger partial charge in [0, 0.05) is 6.26 Å². The Balaban J connectivity index is 2.48. The molecule has 2 aromatic rings. The monoisotopic (exact) mass is 330 g/mol. The Bertz CT molecular complexity index is 761. The number of nitrogens with two attached hydrogens (primary N) is 1. The first-order chi connectivity index (χ1) is 9.30. The fraction of sp³-hybridized carbons (Fsp3) is 0.0769. The first-order valence-corrected chi connectivity index (χ1v) is 8.25. The zero-order chi connectivity index (χ0) is 14.9. The molecule has 0 saturated carbocycles. The maximum Gasteiger partial charge on any atom is 0.177 e. The van der Waals surface area contributed by atoms with Crippen molar-refractivity contribution < 1.29 is 8.42 Å². The molecule has 0 saturated heterocycles. The van der Waals surface area contributed by atoms with Crippen molar-refractivity contribution in [3.05, 3.63) is 46.4 Å². The highest BCUT2D eigenvalue weighted by atomic mass is 35.5. The molecule has 20 heavy (non-hydrogen) atoms.